The first-order chi connectivity index (χ1) is 6.72. The van der Waals surface area contributed by atoms with Crippen molar-refractivity contribution < 1.29 is 13.8 Å². The van der Waals surface area contributed by atoms with Gasteiger partial charge in [-0.1, -0.05) is 6.07 Å². The van der Waals surface area contributed by atoms with E-state index in [1.165, 1.54) is 12.1 Å². The Morgan fingerprint density at radius 3 is 2.86 bits per heavy atom. The molecule has 0 amide bonds. The van der Waals surface area contributed by atoms with E-state index in [1.54, 1.807) is 23.9 Å². The summed E-state index contributed by atoms with van der Waals surface area (Å²) in [5.74, 6) is -0.327. The predicted octanol–water partition coefficient (Wildman–Crippen LogP) is 1.62. The van der Waals surface area contributed by atoms with Gasteiger partial charge in [-0.2, -0.15) is 4.57 Å². The number of aromatic nitrogens is 1. The van der Waals surface area contributed by atoms with Gasteiger partial charge in [0, 0.05) is 6.07 Å². The molecule has 0 radical (unpaired) electrons. The molecular formula is C11H9FNO+. The summed E-state index contributed by atoms with van der Waals surface area (Å²) in [7, 11) is 1.76. The van der Waals surface area contributed by atoms with Crippen LogP contribution in [0.2, 0.25) is 0 Å². The maximum atomic E-state index is 13.0. The number of aldehydes is 1. The highest BCUT2D eigenvalue weighted by Crippen LogP contribution is 2.15. The van der Waals surface area contributed by atoms with Gasteiger partial charge in [-0.25, -0.2) is 4.39 Å². The summed E-state index contributed by atoms with van der Waals surface area (Å²) in [4.78, 5) is 10.8. The van der Waals surface area contributed by atoms with Crippen molar-refractivity contribution in [3.05, 3.63) is 42.0 Å². The van der Waals surface area contributed by atoms with Crippen molar-refractivity contribution in [2.75, 3.05) is 0 Å². The average Bonchev–Trinajstić information content (AvgIpc) is 2.17. The van der Waals surface area contributed by atoms with Gasteiger partial charge in [0.05, 0.1) is 5.39 Å². The lowest BCUT2D eigenvalue weighted by Crippen LogP contribution is -2.32. The van der Waals surface area contributed by atoms with Crippen LogP contribution in [0, 0.1) is 5.82 Å². The molecule has 2 rings (SSSR count). The van der Waals surface area contributed by atoms with Crippen LogP contribution in [0.5, 0.6) is 0 Å². The largest absolute Gasteiger partial charge is 0.291 e. The first-order valence-electron chi connectivity index (χ1n) is 4.25. The van der Waals surface area contributed by atoms with Gasteiger partial charge >= 0.3 is 0 Å². The third-order valence-corrected chi connectivity index (χ3v) is 2.26. The molecule has 0 fully saturated rings. The van der Waals surface area contributed by atoms with Gasteiger partial charge in [0.2, 0.25) is 6.29 Å². The second-order valence-corrected chi connectivity index (χ2v) is 3.16. The summed E-state index contributed by atoms with van der Waals surface area (Å²) < 4.78 is 14.6. The highest BCUT2D eigenvalue weighted by molar-refractivity contribution is 5.94. The van der Waals surface area contributed by atoms with Crippen molar-refractivity contribution >= 4 is 17.1 Å². The molecule has 0 aliphatic heterocycles. The third-order valence-electron chi connectivity index (χ3n) is 2.26. The molecule has 0 aliphatic carbocycles. The molecule has 0 N–H and O–H groups in total. The van der Waals surface area contributed by atoms with E-state index < -0.39 is 0 Å². The van der Waals surface area contributed by atoms with Crippen LogP contribution in [0.4, 0.5) is 4.39 Å². The monoisotopic (exact) mass is 190 g/mol. The van der Waals surface area contributed by atoms with E-state index in [-0.39, 0.29) is 5.82 Å². The topological polar surface area (TPSA) is 20.9 Å². The van der Waals surface area contributed by atoms with Crippen molar-refractivity contribution in [2.45, 2.75) is 0 Å². The molecule has 1 aromatic heterocycles. The fourth-order valence-electron chi connectivity index (χ4n) is 1.50. The predicted molar refractivity (Wildman–Crippen MR) is 50.5 cm³/mol. The van der Waals surface area contributed by atoms with Crippen molar-refractivity contribution in [3.63, 3.8) is 0 Å². The van der Waals surface area contributed by atoms with Crippen LogP contribution >= 0.6 is 0 Å². The second-order valence-electron chi connectivity index (χ2n) is 3.16. The molecule has 1 aromatic carbocycles. The molecule has 0 aliphatic rings. The average molecular weight is 190 g/mol. The van der Waals surface area contributed by atoms with Crippen LogP contribution < -0.4 is 4.57 Å². The SMILES string of the molecule is C[n+]1ccc2ccc(F)cc2c1C=O. The lowest BCUT2D eigenvalue weighted by molar-refractivity contribution is -0.671. The van der Waals surface area contributed by atoms with E-state index in [1.807, 2.05) is 6.07 Å². The molecule has 0 saturated heterocycles. The standard InChI is InChI=1S/C11H9FNO/c1-13-5-4-8-2-3-9(12)6-10(8)11(13)7-14/h2-7H,1H3/q+1. The molecule has 0 bridgehead atoms. The minimum Gasteiger partial charge on any atom is -0.291 e. The van der Waals surface area contributed by atoms with Gasteiger partial charge in [-0.05, 0) is 17.5 Å². The van der Waals surface area contributed by atoms with Gasteiger partial charge in [0.15, 0.2) is 6.20 Å². The van der Waals surface area contributed by atoms with Crippen LogP contribution in [-0.2, 0) is 7.05 Å². The number of pyridine rings is 1. The minimum atomic E-state index is -0.327. The van der Waals surface area contributed by atoms with Gasteiger partial charge in [-0.3, -0.25) is 4.79 Å². The fraction of sp³-hybridized carbons (Fsp3) is 0.0909. The first-order valence-corrected chi connectivity index (χ1v) is 4.25. The summed E-state index contributed by atoms with van der Waals surface area (Å²) in [6.07, 6.45) is 2.52. The maximum absolute atomic E-state index is 13.0. The Morgan fingerprint density at radius 1 is 1.36 bits per heavy atom. The van der Waals surface area contributed by atoms with Crippen molar-refractivity contribution in [2.24, 2.45) is 7.05 Å². The van der Waals surface area contributed by atoms with Crippen LogP contribution in [0.25, 0.3) is 10.8 Å². The smallest absolute Gasteiger partial charge is 0.253 e. The molecule has 2 nitrogen and oxygen atoms in total. The number of hydrogen-bond acceptors (Lipinski definition) is 1. The Morgan fingerprint density at radius 2 is 2.14 bits per heavy atom. The van der Waals surface area contributed by atoms with Crippen molar-refractivity contribution in [1.82, 2.24) is 0 Å². The molecule has 0 spiro atoms. The quantitative estimate of drug-likeness (QED) is 0.494. The first kappa shape index (κ1) is 8.81. The number of carbonyl (C=O) groups excluding carboxylic acids is 1. The minimum absolute atomic E-state index is 0.327. The van der Waals surface area contributed by atoms with Crippen LogP contribution in [0.15, 0.2) is 30.5 Å². The molecule has 1 heterocycles. The summed E-state index contributed by atoms with van der Waals surface area (Å²) in [5.41, 5.74) is 0.488. The highest BCUT2D eigenvalue weighted by Gasteiger charge is 2.10. The molecule has 0 unspecified atom stereocenters. The van der Waals surface area contributed by atoms with E-state index in [9.17, 15) is 9.18 Å². The van der Waals surface area contributed by atoms with E-state index in [2.05, 4.69) is 0 Å². The Balaban J connectivity index is 2.91. The zero-order valence-electron chi connectivity index (χ0n) is 7.70. The lowest BCUT2D eigenvalue weighted by Gasteiger charge is -1.98. The number of aryl methyl sites for hydroxylation is 1. The van der Waals surface area contributed by atoms with Gasteiger partial charge < -0.3 is 0 Å². The zero-order chi connectivity index (χ0) is 10.1. The van der Waals surface area contributed by atoms with E-state index >= 15 is 0 Å². The maximum Gasteiger partial charge on any atom is 0.253 e. The van der Waals surface area contributed by atoms with Crippen molar-refractivity contribution in [1.29, 1.82) is 0 Å². The Labute approximate surface area is 80.6 Å². The zero-order valence-corrected chi connectivity index (χ0v) is 7.70. The molecule has 0 atom stereocenters. The fourth-order valence-corrected chi connectivity index (χ4v) is 1.50. The van der Waals surface area contributed by atoms with E-state index in [0.29, 0.717) is 11.1 Å². The number of rotatable bonds is 1. The summed E-state index contributed by atoms with van der Waals surface area (Å²) >= 11 is 0. The number of fused-ring (bicyclic) bond motifs is 1. The van der Waals surface area contributed by atoms with Gasteiger partial charge in [-0.15, -0.1) is 0 Å². The third kappa shape index (κ3) is 1.27. The van der Waals surface area contributed by atoms with E-state index in [4.69, 9.17) is 0 Å². The summed E-state index contributed by atoms with van der Waals surface area (Å²) in [6.45, 7) is 0. The molecule has 0 saturated carbocycles. The Kier molecular flexibility index (Phi) is 2.00. The number of hydrogen-bond donors (Lipinski definition) is 0. The number of nitrogens with zero attached hydrogens (tertiary/aromatic N) is 1. The van der Waals surface area contributed by atoms with Crippen LogP contribution in [-0.4, -0.2) is 6.29 Å². The molecule has 70 valence electrons. The van der Waals surface area contributed by atoms with Crippen LogP contribution in [0.3, 0.4) is 0 Å². The summed E-state index contributed by atoms with van der Waals surface area (Å²) in [6, 6.07) is 6.27. The number of halogens is 1. The molecule has 2 aromatic rings. The Bertz CT molecular complexity index is 503. The van der Waals surface area contributed by atoms with Crippen molar-refractivity contribution in [3.8, 4) is 0 Å². The summed E-state index contributed by atoms with van der Waals surface area (Å²) in [5, 5.41) is 1.51. The van der Waals surface area contributed by atoms with Gasteiger partial charge in [0.1, 0.15) is 12.9 Å². The molecule has 3 heteroatoms. The number of carbonyl (C=O) groups is 1. The lowest BCUT2D eigenvalue weighted by atomic mass is 10.1. The molecule has 14 heavy (non-hydrogen) atoms. The normalized spacial score (nSPS) is 10.4. The Hall–Kier alpha value is -1.77. The van der Waals surface area contributed by atoms with E-state index in [0.717, 1.165) is 11.7 Å². The highest BCUT2D eigenvalue weighted by atomic mass is 19.1. The van der Waals surface area contributed by atoms with Gasteiger partial charge in [0.25, 0.3) is 5.69 Å². The molecular weight excluding hydrogens is 181 g/mol. The second kappa shape index (κ2) is 3.18. The van der Waals surface area contributed by atoms with Crippen LogP contribution in [0.1, 0.15) is 10.5 Å². The number of benzene rings is 1.